The lowest BCUT2D eigenvalue weighted by atomic mass is 10.1. The molecule has 0 saturated heterocycles. The van der Waals surface area contributed by atoms with E-state index in [1.54, 1.807) is 17.8 Å². The van der Waals surface area contributed by atoms with Gasteiger partial charge in [0.2, 0.25) is 5.09 Å². The molecule has 0 unspecified atom stereocenters. The van der Waals surface area contributed by atoms with E-state index >= 15 is 0 Å². The van der Waals surface area contributed by atoms with E-state index in [0.717, 1.165) is 18.6 Å². The van der Waals surface area contributed by atoms with Crippen molar-refractivity contribution in [3.63, 3.8) is 0 Å². The summed E-state index contributed by atoms with van der Waals surface area (Å²) < 4.78 is 32.1. The number of hydrogen-bond donors (Lipinski definition) is 2. The standard InChI is InChI=1S/C14H26N2O3S2/c1-14(2,3)15-11-12-7-8-13(19-12)21(17,18)16-9-5-6-10-20-4/h7-8,15-16H,5-6,9-11H2,1-4H3. The minimum absolute atomic E-state index is 0.0157. The molecule has 0 saturated carbocycles. The number of unbranched alkanes of at least 4 members (excludes halogenated alkanes) is 1. The fraction of sp³-hybridized carbons (Fsp3) is 0.714. The maximum absolute atomic E-state index is 12.0. The lowest BCUT2D eigenvalue weighted by Crippen LogP contribution is -2.34. The fourth-order valence-electron chi connectivity index (χ4n) is 1.60. The summed E-state index contributed by atoms with van der Waals surface area (Å²) in [6.45, 7) is 7.09. The number of nitrogens with one attached hydrogen (secondary N) is 2. The second-order valence-corrected chi connectivity index (χ2v) is 8.61. The van der Waals surface area contributed by atoms with Crippen molar-refractivity contribution in [3.05, 3.63) is 17.9 Å². The van der Waals surface area contributed by atoms with Gasteiger partial charge in [0.05, 0.1) is 6.54 Å². The number of rotatable bonds is 9. The summed E-state index contributed by atoms with van der Waals surface area (Å²) in [4.78, 5) is 0. The SMILES string of the molecule is CSCCCCNS(=O)(=O)c1ccc(CNC(C)(C)C)o1. The van der Waals surface area contributed by atoms with E-state index in [4.69, 9.17) is 4.42 Å². The fourth-order valence-corrected chi connectivity index (χ4v) is 3.11. The van der Waals surface area contributed by atoms with Crippen LogP contribution in [-0.2, 0) is 16.6 Å². The zero-order valence-electron chi connectivity index (χ0n) is 13.2. The van der Waals surface area contributed by atoms with E-state index in [1.807, 2.05) is 27.0 Å². The summed E-state index contributed by atoms with van der Waals surface area (Å²) >= 11 is 1.76. The highest BCUT2D eigenvalue weighted by Gasteiger charge is 2.18. The van der Waals surface area contributed by atoms with Crippen LogP contribution in [0.3, 0.4) is 0 Å². The quantitative estimate of drug-likeness (QED) is 0.679. The monoisotopic (exact) mass is 334 g/mol. The van der Waals surface area contributed by atoms with Gasteiger partial charge in [0.15, 0.2) is 0 Å². The lowest BCUT2D eigenvalue weighted by Gasteiger charge is -2.19. The summed E-state index contributed by atoms with van der Waals surface area (Å²) in [7, 11) is -3.53. The van der Waals surface area contributed by atoms with Gasteiger partial charge in [-0.15, -0.1) is 0 Å². The van der Waals surface area contributed by atoms with Gasteiger partial charge in [-0.1, -0.05) is 0 Å². The van der Waals surface area contributed by atoms with Crippen LogP contribution in [0.5, 0.6) is 0 Å². The first-order valence-electron chi connectivity index (χ1n) is 7.07. The smallest absolute Gasteiger partial charge is 0.273 e. The Balaban J connectivity index is 2.50. The van der Waals surface area contributed by atoms with Crippen LogP contribution in [0.4, 0.5) is 0 Å². The number of thioether (sulfide) groups is 1. The van der Waals surface area contributed by atoms with Crippen LogP contribution in [0.2, 0.25) is 0 Å². The van der Waals surface area contributed by atoms with E-state index in [0.29, 0.717) is 18.8 Å². The highest BCUT2D eigenvalue weighted by atomic mass is 32.2. The highest BCUT2D eigenvalue weighted by molar-refractivity contribution is 7.98. The first-order valence-corrected chi connectivity index (χ1v) is 9.95. The lowest BCUT2D eigenvalue weighted by molar-refractivity contribution is 0.359. The van der Waals surface area contributed by atoms with Gasteiger partial charge in [-0.25, -0.2) is 13.1 Å². The van der Waals surface area contributed by atoms with E-state index in [2.05, 4.69) is 10.0 Å². The third-order valence-corrected chi connectivity index (χ3v) is 4.79. The van der Waals surface area contributed by atoms with Crippen LogP contribution in [0.1, 0.15) is 39.4 Å². The van der Waals surface area contributed by atoms with Gasteiger partial charge in [0.1, 0.15) is 5.76 Å². The first kappa shape index (κ1) is 18.5. The Morgan fingerprint density at radius 3 is 2.57 bits per heavy atom. The van der Waals surface area contributed by atoms with Gasteiger partial charge in [-0.05, 0) is 57.8 Å². The molecular formula is C14H26N2O3S2. The average molecular weight is 335 g/mol. The van der Waals surface area contributed by atoms with E-state index in [-0.39, 0.29) is 10.6 Å². The van der Waals surface area contributed by atoms with Gasteiger partial charge < -0.3 is 9.73 Å². The first-order chi connectivity index (χ1) is 9.74. The Labute approximate surface area is 132 Å². The molecule has 0 atom stereocenters. The molecule has 7 heteroatoms. The van der Waals surface area contributed by atoms with Crippen molar-refractivity contribution in [2.75, 3.05) is 18.6 Å². The van der Waals surface area contributed by atoms with Crippen LogP contribution in [0.15, 0.2) is 21.6 Å². The topological polar surface area (TPSA) is 71.3 Å². The Kier molecular flexibility index (Phi) is 7.26. The predicted molar refractivity (Wildman–Crippen MR) is 88.1 cm³/mol. The summed E-state index contributed by atoms with van der Waals surface area (Å²) in [5.41, 5.74) is -0.0403. The molecule has 0 aliphatic rings. The van der Waals surface area contributed by atoms with Crippen LogP contribution in [0, 0.1) is 0 Å². The van der Waals surface area contributed by atoms with E-state index < -0.39 is 10.0 Å². The molecule has 1 aromatic heterocycles. The molecule has 0 aliphatic heterocycles. The van der Waals surface area contributed by atoms with Crippen molar-refractivity contribution in [2.45, 2.75) is 50.8 Å². The van der Waals surface area contributed by atoms with Crippen molar-refractivity contribution in [3.8, 4) is 0 Å². The van der Waals surface area contributed by atoms with Gasteiger partial charge in [-0.2, -0.15) is 11.8 Å². The molecule has 1 heterocycles. The van der Waals surface area contributed by atoms with Crippen LogP contribution < -0.4 is 10.0 Å². The second kappa shape index (κ2) is 8.22. The summed E-state index contributed by atoms with van der Waals surface area (Å²) in [6, 6.07) is 3.20. The molecule has 0 aromatic carbocycles. The highest BCUT2D eigenvalue weighted by Crippen LogP contribution is 2.14. The molecule has 0 amide bonds. The molecule has 21 heavy (non-hydrogen) atoms. The molecule has 0 bridgehead atoms. The second-order valence-electron chi connectivity index (χ2n) is 5.92. The van der Waals surface area contributed by atoms with Crippen molar-refractivity contribution in [1.82, 2.24) is 10.0 Å². The average Bonchev–Trinajstić information content (AvgIpc) is 2.85. The molecule has 1 rings (SSSR count). The van der Waals surface area contributed by atoms with Crippen molar-refractivity contribution >= 4 is 21.8 Å². The van der Waals surface area contributed by atoms with Gasteiger partial charge in [0.25, 0.3) is 10.0 Å². The zero-order valence-corrected chi connectivity index (χ0v) is 14.9. The number of sulfonamides is 1. The summed E-state index contributed by atoms with van der Waals surface area (Å²) in [5, 5.41) is 3.24. The van der Waals surface area contributed by atoms with Crippen LogP contribution in [-0.4, -0.2) is 32.5 Å². The molecule has 0 spiro atoms. The maximum Gasteiger partial charge on any atom is 0.273 e. The maximum atomic E-state index is 12.0. The predicted octanol–water partition coefficient (Wildman–Crippen LogP) is 2.59. The minimum atomic E-state index is -3.53. The number of furan rings is 1. The molecular weight excluding hydrogens is 308 g/mol. The minimum Gasteiger partial charge on any atom is -0.447 e. The Morgan fingerprint density at radius 2 is 1.95 bits per heavy atom. The molecule has 0 fully saturated rings. The molecule has 2 N–H and O–H groups in total. The van der Waals surface area contributed by atoms with E-state index in [1.165, 1.54) is 6.07 Å². The molecule has 0 aliphatic carbocycles. The molecule has 0 radical (unpaired) electrons. The Morgan fingerprint density at radius 1 is 1.24 bits per heavy atom. The zero-order chi connectivity index (χ0) is 15.9. The summed E-state index contributed by atoms with van der Waals surface area (Å²) in [6.07, 6.45) is 3.88. The third kappa shape index (κ3) is 7.35. The van der Waals surface area contributed by atoms with Crippen molar-refractivity contribution < 1.29 is 12.8 Å². The molecule has 122 valence electrons. The van der Waals surface area contributed by atoms with Crippen LogP contribution in [0.25, 0.3) is 0 Å². The molecule has 1 aromatic rings. The van der Waals surface area contributed by atoms with Gasteiger partial charge in [-0.3, -0.25) is 0 Å². The normalized spacial score (nSPS) is 12.8. The van der Waals surface area contributed by atoms with Crippen molar-refractivity contribution in [2.24, 2.45) is 0 Å². The Bertz CT molecular complexity index is 519. The van der Waals surface area contributed by atoms with E-state index in [9.17, 15) is 8.42 Å². The van der Waals surface area contributed by atoms with Gasteiger partial charge >= 0.3 is 0 Å². The number of hydrogen-bond acceptors (Lipinski definition) is 5. The molecule has 5 nitrogen and oxygen atoms in total. The third-order valence-electron chi connectivity index (χ3n) is 2.76. The van der Waals surface area contributed by atoms with Crippen LogP contribution >= 0.6 is 11.8 Å². The summed E-state index contributed by atoms with van der Waals surface area (Å²) in [5.74, 6) is 1.66. The Hall–Kier alpha value is -0.500. The van der Waals surface area contributed by atoms with Gasteiger partial charge in [0, 0.05) is 12.1 Å². The largest absolute Gasteiger partial charge is 0.447 e. The van der Waals surface area contributed by atoms with Crippen molar-refractivity contribution in [1.29, 1.82) is 0 Å².